The summed E-state index contributed by atoms with van der Waals surface area (Å²) in [5.74, 6) is 2.12. The molecule has 1 amide bonds. The van der Waals surface area contributed by atoms with Crippen molar-refractivity contribution in [1.82, 2.24) is 14.9 Å². The quantitative estimate of drug-likeness (QED) is 0.589. The maximum atomic E-state index is 13.2. The van der Waals surface area contributed by atoms with E-state index in [1.807, 2.05) is 78.6 Å². The molecular formula is C25H28N4O3. The van der Waals surface area contributed by atoms with E-state index in [9.17, 15) is 4.79 Å². The number of anilines is 1. The SMILES string of the molecule is COc1cccc(-c2cnc(N(C)C)nc2[C@H]2CCN(C(=O)c3ccccc3OC)C2)c1. The Morgan fingerprint density at radius 1 is 1.09 bits per heavy atom. The zero-order valence-corrected chi connectivity index (χ0v) is 18.9. The van der Waals surface area contributed by atoms with Gasteiger partial charge in [0.25, 0.3) is 5.91 Å². The normalized spacial score (nSPS) is 15.5. The topological polar surface area (TPSA) is 67.8 Å². The first-order chi connectivity index (χ1) is 15.5. The molecule has 166 valence electrons. The molecule has 7 nitrogen and oxygen atoms in total. The Morgan fingerprint density at radius 2 is 1.91 bits per heavy atom. The van der Waals surface area contributed by atoms with Gasteiger partial charge in [-0.1, -0.05) is 24.3 Å². The van der Waals surface area contributed by atoms with Crippen molar-refractivity contribution < 1.29 is 14.3 Å². The van der Waals surface area contributed by atoms with Gasteiger partial charge in [-0.15, -0.1) is 0 Å². The molecule has 2 aromatic carbocycles. The van der Waals surface area contributed by atoms with Crippen LogP contribution < -0.4 is 14.4 Å². The van der Waals surface area contributed by atoms with Crippen molar-refractivity contribution in [2.45, 2.75) is 12.3 Å². The van der Waals surface area contributed by atoms with E-state index in [4.69, 9.17) is 14.5 Å². The van der Waals surface area contributed by atoms with Crippen molar-refractivity contribution in [3.63, 3.8) is 0 Å². The van der Waals surface area contributed by atoms with Crippen LogP contribution in [0.4, 0.5) is 5.95 Å². The standard InChI is InChI=1S/C25H28N4O3/c1-28(2)25-26-15-21(17-8-7-9-19(14-17)31-3)23(27-25)18-12-13-29(16-18)24(30)20-10-5-6-11-22(20)32-4/h5-11,14-15,18H,12-13,16H2,1-4H3/t18-/m0/s1. The Bertz CT molecular complexity index is 1120. The van der Waals surface area contributed by atoms with Crippen molar-refractivity contribution in [3.8, 4) is 22.6 Å². The molecule has 1 aromatic heterocycles. The molecule has 1 aliphatic rings. The summed E-state index contributed by atoms with van der Waals surface area (Å²) in [4.78, 5) is 26.4. The molecule has 0 unspecified atom stereocenters. The van der Waals surface area contributed by atoms with Gasteiger partial charge in [0.2, 0.25) is 5.95 Å². The van der Waals surface area contributed by atoms with Crippen LogP contribution in [0.1, 0.15) is 28.4 Å². The lowest BCUT2D eigenvalue weighted by Crippen LogP contribution is -2.29. The molecule has 2 heterocycles. The van der Waals surface area contributed by atoms with E-state index < -0.39 is 0 Å². The van der Waals surface area contributed by atoms with Crippen molar-refractivity contribution in [1.29, 1.82) is 0 Å². The van der Waals surface area contributed by atoms with Gasteiger partial charge in [-0.3, -0.25) is 4.79 Å². The highest BCUT2D eigenvalue weighted by molar-refractivity contribution is 5.97. The summed E-state index contributed by atoms with van der Waals surface area (Å²) < 4.78 is 10.8. The number of ether oxygens (including phenoxy) is 2. The Hall–Kier alpha value is -3.61. The Labute approximate surface area is 188 Å². The average molecular weight is 433 g/mol. The van der Waals surface area contributed by atoms with Crippen LogP contribution >= 0.6 is 0 Å². The minimum atomic E-state index is -0.0187. The molecular weight excluding hydrogens is 404 g/mol. The molecule has 1 atom stereocenters. The second-order valence-corrected chi connectivity index (χ2v) is 8.03. The highest BCUT2D eigenvalue weighted by Gasteiger charge is 2.32. The molecule has 1 fully saturated rings. The first kappa shape index (κ1) is 21.6. The summed E-state index contributed by atoms with van der Waals surface area (Å²) in [5, 5.41) is 0. The number of aromatic nitrogens is 2. The third-order valence-corrected chi connectivity index (χ3v) is 5.79. The number of benzene rings is 2. The van der Waals surface area contributed by atoms with Crippen LogP contribution in [0.2, 0.25) is 0 Å². The summed E-state index contributed by atoms with van der Waals surface area (Å²) in [7, 11) is 7.10. The van der Waals surface area contributed by atoms with Crippen LogP contribution in [0.3, 0.4) is 0 Å². The van der Waals surface area contributed by atoms with Crippen LogP contribution in [0, 0.1) is 0 Å². The van der Waals surface area contributed by atoms with E-state index in [0.717, 1.165) is 29.0 Å². The van der Waals surface area contributed by atoms with Gasteiger partial charge in [-0.25, -0.2) is 9.97 Å². The number of amides is 1. The fourth-order valence-electron chi connectivity index (χ4n) is 4.08. The van der Waals surface area contributed by atoms with E-state index >= 15 is 0 Å². The molecule has 1 aliphatic heterocycles. The fraction of sp³-hybridized carbons (Fsp3) is 0.320. The summed E-state index contributed by atoms with van der Waals surface area (Å²) >= 11 is 0. The van der Waals surface area contributed by atoms with Gasteiger partial charge in [0, 0.05) is 44.9 Å². The predicted octanol–water partition coefficient (Wildman–Crippen LogP) is 3.86. The number of para-hydroxylation sites is 1. The Balaban J connectivity index is 1.67. The molecule has 0 aliphatic carbocycles. The lowest BCUT2D eigenvalue weighted by Gasteiger charge is -2.20. The molecule has 3 aromatic rings. The van der Waals surface area contributed by atoms with Gasteiger partial charge < -0.3 is 19.3 Å². The van der Waals surface area contributed by atoms with Gasteiger partial charge in [0.1, 0.15) is 11.5 Å². The van der Waals surface area contributed by atoms with Gasteiger partial charge in [0.15, 0.2) is 0 Å². The fourth-order valence-corrected chi connectivity index (χ4v) is 4.08. The number of likely N-dealkylation sites (tertiary alicyclic amines) is 1. The second-order valence-electron chi connectivity index (χ2n) is 8.03. The smallest absolute Gasteiger partial charge is 0.257 e. The van der Waals surface area contributed by atoms with Crippen LogP contribution in [-0.2, 0) is 0 Å². The monoisotopic (exact) mass is 432 g/mol. The lowest BCUT2D eigenvalue weighted by molar-refractivity contribution is 0.0787. The number of carbonyl (C=O) groups is 1. The van der Waals surface area contributed by atoms with E-state index in [2.05, 4.69) is 4.98 Å². The molecule has 0 bridgehead atoms. The number of nitrogens with zero attached hydrogens (tertiary/aromatic N) is 4. The molecule has 7 heteroatoms. The number of rotatable bonds is 6. The van der Waals surface area contributed by atoms with Crippen molar-refractivity contribution >= 4 is 11.9 Å². The number of methoxy groups -OCH3 is 2. The van der Waals surface area contributed by atoms with Crippen LogP contribution in [0.15, 0.2) is 54.7 Å². The van der Waals surface area contributed by atoms with Gasteiger partial charge >= 0.3 is 0 Å². The van der Waals surface area contributed by atoms with Crippen LogP contribution in [-0.4, -0.2) is 62.2 Å². The first-order valence-electron chi connectivity index (χ1n) is 10.6. The maximum Gasteiger partial charge on any atom is 0.257 e. The van der Waals surface area contributed by atoms with Gasteiger partial charge in [-0.05, 0) is 36.2 Å². The van der Waals surface area contributed by atoms with E-state index in [-0.39, 0.29) is 11.8 Å². The van der Waals surface area contributed by atoms with Crippen LogP contribution in [0.25, 0.3) is 11.1 Å². The van der Waals surface area contributed by atoms with E-state index in [1.54, 1.807) is 14.2 Å². The van der Waals surface area contributed by atoms with Gasteiger partial charge in [0.05, 0.1) is 25.5 Å². The highest BCUT2D eigenvalue weighted by Crippen LogP contribution is 2.36. The number of hydrogen-bond donors (Lipinski definition) is 0. The first-order valence-corrected chi connectivity index (χ1v) is 10.6. The third-order valence-electron chi connectivity index (χ3n) is 5.79. The largest absolute Gasteiger partial charge is 0.497 e. The minimum Gasteiger partial charge on any atom is -0.497 e. The van der Waals surface area contributed by atoms with Crippen molar-refractivity contribution in [2.24, 2.45) is 0 Å². The molecule has 32 heavy (non-hydrogen) atoms. The van der Waals surface area contributed by atoms with E-state index in [1.165, 1.54) is 0 Å². The second kappa shape index (κ2) is 9.26. The zero-order chi connectivity index (χ0) is 22.7. The van der Waals surface area contributed by atoms with Crippen LogP contribution in [0.5, 0.6) is 11.5 Å². The summed E-state index contributed by atoms with van der Waals surface area (Å²) in [6, 6.07) is 15.3. The number of carbonyl (C=O) groups excluding carboxylic acids is 1. The van der Waals surface area contributed by atoms with Gasteiger partial charge in [-0.2, -0.15) is 0 Å². The predicted molar refractivity (Wildman–Crippen MR) is 125 cm³/mol. The molecule has 0 saturated carbocycles. The molecule has 1 saturated heterocycles. The summed E-state index contributed by atoms with van der Waals surface area (Å²) in [6.07, 6.45) is 2.71. The Morgan fingerprint density at radius 3 is 2.66 bits per heavy atom. The molecule has 0 N–H and O–H groups in total. The van der Waals surface area contributed by atoms with Crippen molar-refractivity contribution in [2.75, 3.05) is 46.3 Å². The maximum absolute atomic E-state index is 13.2. The lowest BCUT2D eigenvalue weighted by atomic mass is 9.96. The molecule has 0 radical (unpaired) electrons. The Kier molecular flexibility index (Phi) is 6.25. The number of hydrogen-bond acceptors (Lipinski definition) is 6. The van der Waals surface area contributed by atoms with E-state index in [0.29, 0.717) is 30.4 Å². The van der Waals surface area contributed by atoms with Crippen molar-refractivity contribution in [3.05, 3.63) is 66.0 Å². The third kappa shape index (κ3) is 4.23. The molecule has 4 rings (SSSR count). The highest BCUT2D eigenvalue weighted by atomic mass is 16.5. The summed E-state index contributed by atoms with van der Waals surface area (Å²) in [5.41, 5.74) is 3.50. The zero-order valence-electron chi connectivity index (χ0n) is 18.9. The summed E-state index contributed by atoms with van der Waals surface area (Å²) in [6.45, 7) is 1.26. The molecule has 0 spiro atoms. The average Bonchev–Trinajstić information content (AvgIpc) is 3.33. The minimum absolute atomic E-state index is 0.0187.